The van der Waals surface area contributed by atoms with Gasteiger partial charge in [-0.15, -0.1) is 0 Å². The molecule has 3 fully saturated rings. The van der Waals surface area contributed by atoms with Crippen LogP contribution in [0.15, 0.2) is 35.9 Å². The highest BCUT2D eigenvalue weighted by molar-refractivity contribution is 5.85. The van der Waals surface area contributed by atoms with Crippen molar-refractivity contribution in [3.8, 4) is 0 Å². The molecular weight excluding hydrogens is 272 g/mol. The molecule has 5 heterocycles. The number of benzene rings is 1. The Morgan fingerprint density at radius 3 is 3.05 bits per heavy atom. The Hall–Kier alpha value is -1.58. The maximum Gasteiger partial charge on any atom is 0.0514 e. The van der Waals surface area contributed by atoms with E-state index >= 15 is 0 Å². The van der Waals surface area contributed by atoms with Crippen LogP contribution in [0.5, 0.6) is 0 Å². The lowest BCUT2D eigenvalue weighted by Gasteiger charge is -2.58. The Kier molecular flexibility index (Phi) is 2.62. The molecule has 3 heteroatoms. The monoisotopic (exact) mass is 294 g/mol. The molecule has 1 aromatic carbocycles. The summed E-state index contributed by atoms with van der Waals surface area (Å²) in [7, 11) is 0. The Morgan fingerprint density at radius 1 is 1.36 bits per heavy atom. The van der Waals surface area contributed by atoms with Crippen molar-refractivity contribution < 1.29 is 5.11 Å². The smallest absolute Gasteiger partial charge is 0.0514 e. The van der Waals surface area contributed by atoms with Crippen LogP contribution in [0.3, 0.4) is 0 Å². The summed E-state index contributed by atoms with van der Waals surface area (Å²) in [6, 6.07) is 9.68. The zero-order valence-corrected chi connectivity index (χ0v) is 12.9. The van der Waals surface area contributed by atoms with Crippen molar-refractivity contribution in [1.29, 1.82) is 0 Å². The number of hydrogen-bond acceptors (Lipinski definition) is 2. The lowest BCUT2D eigenvalue weighted by Crippen LogP contribution is -2.60. The van der Waals surface area contributed by atoms with Gasteiger partial charge in [0, 0.05) is 41.7 Å². The summed E-state index contributed by atoms with van der Waals surface area (Å²) in [6.45, 7) is 3.55. The lowest BCUT2D eigenvalue weighted by atomic mass is 9.64. The van der Waals surface area contributed by atoms with Gasteiger partial charge in [-0.2, -0.15) is 0 Å². The highest BCUT2D eigenvalue weighted by Gasteiger charge is 2.52. The van der Waals surface area contributed by atoms with Gasteiger partial charge < -0.3 is 10.1 Å². The molecule has 3 nitrogen and oxygen atoms in total. The number of allylic oxidation sites excluding steroid dienone is 1. The Bertz CT molecular complexity index is 775. The first-order chi connectivity index (χ1) is 10.8. The van der Waals surface area contributed by atoms with Crippen molar-refractivity contribution in [3.63, 3.8) is 0 Å². The summed E-state index contributed by atoms with van der Waals surface area (Å²) >= 11 is 0. The molecule has 6 rings (SSSR count). The molecule has 0 spiro atoms. The van der Waals surface area contributed by atoms with Crippen LogP contribution in [0.25, 0.3) is 10.9 Å². The number of aromatic nitrogens is 1. The van der Waals surface area contributed by atoms with Crippen LogP contribution in [0.4, 0.5) is 0 Å². The van der Waals surface area contributed by atoms with Crippen molar-refractivity contribution in [2.45, 2.75) is 31.8 Å². The van der Waals surface area contributed by atoms with E-state index in [1.807, 2.05) is 0 Å². The molecule has 2 N–H and O–H groups in total. The van der Waals surface area contributed by atoms with E-state index in [2.05, 4.69) is 47.1 Å². The third kappa shape index (κ3) is 1.48. The number of aliphatic hydroxyl groups is 1. The topological polar surface area (TPSA) is 39.3 Å². The van der Waals surface area contributed by atoms with Crippen LogP contribution < -0.4 is 0 Å². The fourth-order valence-corrected chi connectivity index (χ4v) is 5.32. The predicted molar refractivity (Wildman–Crippen MR) is 87.7 cm³/mol. The molecule has 0 aliphatic carbocycles. The molecule has 22 heavy (non-hydrogen) atoms. The summed E-state index contributed by atoms with van der Waals surface area (Å²) < 4.78 is 0. The molecule has 114 valence electrons. The number of para-hydroxylation sites is 1. The Labute approximate surface area is 130 Å². The van der Waals surface area contributed by atoms with E-state index in [1.165, 1.54) is 27.7 Å². The zero-order valence-electron chi connectivity index (χ0n) is 12.9. The van der Waals surface area contributed by atoms with Crippen LogP contribution in [-0.4, -0.2) is 34.2 Å². The van der Waals surface area contributed by atoms with Crippen LogP contribution in [0.2, 0.25) is 0 Å². The summed E-state index contributed by atoms with van der Waals surface area (Å²) in [5.74, 6) is 0.965. The average Bonchev–Trinajstić information content (AvgIpc) is 2.93. The summed E-state index contributed by atoms with van der Waals surface area (Å²) in [4.78, 5) is 6.35. The second kappa shape index (κ2) is 4.46. The first-order valence-electron chi connectivity index (χ1n) is 8.43. The van der Waals surface area contributed by atoms with Crippen LogP contribution >= 0.6 is 0 Å². The standard InChI is InChI=1S/C19H22N2O/c1-2-11-9-21-17-8-14-12-5-3-4-6-16(12)20-19(14)18(21)7-13(11)15(17)10-22/h2-6,13,15,17-18,20,22H,7-10H2,1H3/b11-2-/t13-,15+,17-,18+/m0/s1. The number of hydrogen-bond donors (Lipinski definition) is 2. The van der Waals surface area contributed by atoms with E-state index in [9.17, 15) is 5.11 Å². The number of nitrogens with one attached hydrogen (secondary N) is 1. The van der Waals surface area contributed by atoms with Crippen molar-refractivity contribution in [2.24, 2.45) is 11.8 Å². The van der Waals surface area contributed by atoms with Gasteiger partial charge in [-0.05, 0) is 37.3 Å². The quantitative estimate of drug-likeness (QED) is 0.794. The van der Waals surface area contributed by atoms with Gasteiger partial charge in [-0.1, -0.05) is 29.8 Å². The number of nitrogens with zero attached hydrogens (tertiary/aromatic N) is 1. The van der Waals surface area contributed by atoms with E-state index in [0.717, 1.165) is 19.4 Å². The molecule has 5 atom stereocenters. The molecule has 3 saturated heterocycles. The minimum atomic E-state index is 0.313. The summed E-state index contributed by atoms with van der Waals surface area (Å²) in [6.07, 6.45) is 4.51. The normalized spacial score (nSPS) is 37.7. The van der Waals surface area contributed by atoms with Gasteiger partial charge in [0.05, 0.1) is 6.04 Å². The minimum absolute atomic E-state index is 0.313. The molecule has 0 radical (unpaired) electrons. The summed E-state index contributed by atoms with van der Waals surface area (Å²) in [5, 5.41) is 11.4. The van der Waals surface area contributed by atoms with Gasteiger partial charge in [-0.25, -0.2) is 0 Å². The average molecular weight is 294 g/mol. The third-order valence-corrected chi connectivity index (χ3v) is 6.33. The molecule has 1 aromatic heterocycles. The fraction of sp³-hybridized carbons (Fsp3) is 0.474. The van der Waals surface area contributed by atoms with E-state index in [4.69, 9.17) is 0 Å². The van der Waals surface area contributed by atoms with E-state index < -0.39 is 0 Å². The second-order valence-corrected chi connectivity index (χ2v) is 7.07. The lowest BCUT2D eigenvalue weighted by molar-refractivity contribution is -0.0503. The molecule has 0 saturated carbocycles. The predicted octanol–water partition coefficient (Wildman–Crippen LogP) is 3.02. The number of aliphatic hydroxyl groups excluding tert-OH is 1. The van der Waals surface area contributed by atoms with Crippen molar-refractivity contribution in [3.05, 3.63) is 47.2 Å². The number of H-pyrrole nitrogens is 1. The van der Waals surface area contributed by atoms with Crippen LogP contribution in [0, 0.1) is 11.8 Å². The number of aromatic amines is 1. The molecule has 4 aliphatic heterocycles. The van der Waals surface area contributed by atoms with Crippen LogP contribution in [-0.2, 0) is 6.42 Å². The van der Waals surface area contributed by atoms with Gasteiger partial charge in [-0.3, -0.25) is 4.90 Å². The minimum Gasteiger partial charge on any atom is -0.396 e. The molecular formula is C19H22N2O. The molecule has 0 amide bonds. The molecule has 2 aromatic rings. The number of fused-ring (bicyclic) bond motifs is 4. The van der Waals surface area contributed by atoms with Gasteiger partial charge >= 0.3 is 0 Å². The van der Waals surface area contributed by atoms with Crippen molar-refractivity contribution in [2.75, 3.05) is 13.2 Å². The zero-order chi connectivity index (χ0) is 14.8. The molecule has 1 unspecified atom stereocenters. The van der Waals surface area contributed by atoms with Gasteiger partial charge in [0.2, 0.25) is 0 Å². The van der Waals surface area contributed by atoms with Gasteiger partial charge in [0.25, 0.3) is 0 Å². The fourth-order valence-electron chi connectivity index (χ4n) is 5.32. The number of rotatable bonds is 1. The first kappa shape index (κ1) is 12.9. The maximum atomic E-state index is 9.99. The second-order valence-electron chi connectivity index (χ2n) is 7.07. The van der Waals surface area contributed by atoms with E-state index in [-0.39, 0.29) is 0 Å². The Morgan fingerprint density at radius 2 is 2.23 bits per heavy atom. The largest absolute Gasteiger partial charge is 0.396 e. The summed E-state index contributed by atoms with van der Waals surface area (Å²) in [5.41, 5.74) is 5.74. The third-order valence-electron chi connectivity index (χ3n) is 6.33. The van der Waals surface area contributed by atoms with Crippen molar-refractivity contribution in [1.82, 2.24) is 9.88 Å². The highest BCUT2D eigenvalue weighted by Crippen LogP contribution is 2.53. The number of piperidine rings is 3. The van der Waals surface area contributed by atoms with Crippen molar-refractivity contribution >= 4 is 10.9 Å². The van der Waals surface area contributed by atoms with Gasteiger partial charge in [0.1, 0.15) is 0 Å². The Balaban J connectivity index is 1.69. The SMILES string of the molecule is C/C=C1/CN2[C@@H]3C[C@@H]1[C@@H](CO)[C@@H]2Cc1c3[nH]c2ccccc12. The highest BCUT2D eigenvalue weighted by atomic mass is 16.3. The van der Waals surface area contributed by atoms with Crippen LogP contribution in [0.1, 0.15) is 30.6 Å². The first-order valence-corrected chi connectivity index (χ1v) is 8.43. The van der Waals surface area contributed by atoms with Gasteiger partial charge in [0.15, 0.2) is 0 Å². The maximum absolute atomic E-state index is 9.99. The van der Waals surface area contributed by atoms with E-state index in [0.29, 0.717) is 30.5 Å². The molecule has 4 bridgehead atoms. The van der Waals surface area contributed by atoms with E-state index in [1.54, 1.807) is 0 Å². The molecule has 4 aliphatic rings.